The summed E-state index contributed by atoms with van der Waals surface area (Å²) in [6.45, 7) is 2.18. The SMILES string of the molecule is CCC[C@@H]1C(=O)[C@H]2CCCC[C@@H]12. The van der Waals surface area contributed by atoms with Gasteiger partial charge in [0.2, 0.25) is 0 Å². The molecule has 0 aromatic carbocycles. The van der Waals surface area contributed by atoms with Gasteiger partial charge in [0.1, 0.15) is 5.78 Å². The first-order valence-corrected chi connectivity index (χ1v) is 5.38. The van der Waals surface area contributed by atoms with Crippen molar-refractivity contribution in [3.63, 3.8) is 0 Å². The van der Waals surface area contributed by atoms with E-state index in [9.17, 15) is 4.79 Å². The standard InChI is InChI=1S/C11H18O/c1-2-5-9-8-6-3-4-7-10(8)11(9)12/h8-10H,2-7H2,1H3/t8-,9-,10-/m0/s1. The molecule has 0 radical (unpaired) electrons. The van der Waals surface area contributed by atoms with Crippen molar-refractivity contribution in [3.8, 4) is 0 Å². The minimum atomic E-state index is 0.472. The molecule has 1 heteroatoms. The van der Waals surface area contributed by atoms with Crippen LogP contribution in [0.3, 0.4) is 0 Å². The first-order valence-electron chi connectivity index (χ1n) is 5.38. The Kier molecular flexibility index (Phi) is 2.20. The van der Waals surface area contributed by atoms with Crippen LogP contribution in [-0.4, -0.2) is 5.78 Å². The van der Waals surface area contributed by atoms with E-state index >= 15 is 0 Å². The van der Waals surface area contributed by atoms with E-state index < -0.39 is 0 Å². The van der Waals surface area contributed by atoms with E-state index in [1.807, 2.05) is 0 Å². The molecule has 2 rings (SSSR count). The van der Waals surface area contributed by atoms with Gasteiger partial charge in [-0.05, 0) is 25.2 Å². The zero-order valence-electron chi connectivity index (χ0n) is 7.88. The van der Waals surface area contributed by atoms with E-state index in [1.165, 1.54) is 32.1 Å². The molecule has 0 unspecified atom stereocenters. The molecule has 1 nitrogen and oxygen atoms in total. The lowest BCUT2D eigenvalue weighted by atomic mass is 9.56. The molecule has 12 heavy (non-hydrogen) atoms. The second-order valence-electron chi connectivity index (χ2n) is 4.35. The maximum absolute atomic E-state index is 11.6. The molecule has 2 fully saturated rings. The summed E-state index contributed by atoms with van der Waals surface area (Å²) in [5.74, 6) is 2.36. The van der Waals surface area contributed by atoms with Crippen LogP contribution in [0.1, 0.15) is 45.4 Å². The second-order valence-corrected chi connectivity index (χ2v) is 4.35. The van der Waals surface area contributed by atoms with E-state index in [1.54, 1.807) is 0 Å². The van der Waals surface area contributed by atoms with Crippen molar-refractivity contribution in [2.24, 2.45) is 17.8 Å². The van der Waals surface area contributed by atoms with Crippen molar-refractivity contribution in [1.29, 1.82) is 0 Å². The predicted molar refractivity (Wildman–Crippen MR) is 48.9 cm³/mol. The predicted octanol–water partition coefficient (Wildman–Crippen LogP) is 2.79. The molecule has 0 spiro atoms. The van der Waals surface area contributed by atoms with Gasteiger partial charge >= 0.3 is 0 Å². The normalized spacial score (nSPS) is 40.4. The summed E-state index contributed by atoms with van der Waals surface area (Å²) in [4.78, 5) is 11.6. The third-order valence-electron chi connectivity index (χ3n) is 3.67. The van der Waals surface area contributed by atoms with Crippen LogP contribution in [0.2, 0.25) is 0 Å². The van der Waals surface area contributed by atoms with Gasteiger partial charge in [0.05, 0.1) is 0 Å². The molecule has 2 aliphatic carbocycles. The van der Waals surface area contributed by atoms with E-state index in [4.69, 9.17) is 0 Å². The van der Waals surface area contributed by atoms with Crippen molar-refractivity contribution in [3.05, 3.63) is 0 Å². The third-order valence-corrected chi connectivity index (χ3v) is 3.67. The molecule has 2 saturated carbocycles. The molecule has 0 saturated heterocycles. The van der Waals surface area contributed by atoms with E-state index in [0.717, 1.165) is 12.3 Å². The molecule has 0 aromatic heterocycles. The molecular formula is C11H18O. The minimum Gasteiger partial charge on any atom is -0.299 e. The summed E-state index contributed by atoms with van der Waals surface area (Å²) in [5, 5.41) is 0. The maximum atomic E-state index is 11.6. The average molecular weight is 166 g/mol. The van der Waals surface area contributed by atoms with Crippen LogP contribution in [-0.2, 0) is 4.79 Å². The highest BCUT2D eigenvalue weighted by molar-refractivity contribution is 5.90. The molecule has 68 valence electrons. The third kappa shape index (κ3) is 1.10. The Morgan fingerprint density at radius 3 is 2.83 bits per heavy atom. The molecule has 0 aromatic rings. The van der Waals surface area contributed by atoms with Crippen LogP contribution in [0.5, 0.6) is 0 Å². The zero-order chi connectivity index (χ0) is 8.55. The smallest absolute Gasteiger partial charge is 0.139 e. The van der Waals surface area contributed by atoms with Crippen molar-refractivity contribution in [1.82, 2.24) is 0 Å². The Labute approximate surface area is 74.5 Å². The molecule has 0 N–H and O–H groups in total. The number of carbonyl (C=O) groups excluding carboxylic acids is 1. The summed E-state index contributed by atoms with van der Waals surface area (Å²) in [7, 11) is 0. The monoisotopic (exact) mass is 166 g/mol. The fourth-order valence-corrected chi connectivity index (χ4v) is 3.03. The van der Waals surface area contributed by atoms with Gasteiger partial charge in [0.25, 0.3) is 0 Å². The summed E-state index contributed by atoms with van der Waals surface area (Å²) in [6, 6.07) is 0. The van der Waals surface area contributed by atoms with E-state index in [-0.39, 0.29) is 0 Å². The Balaban J connectivity index is 1.96. The van der Waals surface area contributed by atoms with E-state index in [0.29, 0.717) is 17.6 Å². The molecule has 3 atom stereocenters. The van der Waals surface area contributed by atoms with Gasteiger partial charge in [0.15, 0.2) is 0 Å². The summed E-state index contributed by atoms with van der Waals surface area (Å²) < 4.78 is 0. The van der Waals surface area contributed by atoms with Gasteiger partial charge in [-0.15, -0.1) is 0 Å². The highest BCUT2D eigenvalue weighted by atomic mass is 16.1. The van der Waals surface area contributed by atoms with Crippen molar-refractivity contribution >= 4 is 5.78 Å². The molecule has 0 amide bonds. The highest BCUT2D eigenvalue weighted by Crippen LogP contribution is 2.48. The van der Waals surface area contributed by atoms with Crippen LogP contribution in [0.4, 0.5) is 0 Å². The first kappa shape index (κ1) is 8.28. The molecule has 0 aliphatic heterocycles. The lowest BCUT2D eigenvalue weighted by Gasteiger charge is -2.46. The second kappa shape index (κ2) is 3.20. The van der Waals surface area contributed by atoms with Crippen molar-refractivity contribution < 1.29 is 4.79 Å². The number of hydrogen-bond acceptors (Lipinski definition) is 1. The van der Waals surface area contributed by atoms with Crippen LogP contribution in [0.25, 0.3) is 0 Å². The Morgan fingerprint density at radius 2 is 2.08 bits per heavy atom. The largest absolute Gasteiger partial charge is 0.299 e. The minimum absolute atomic E-state index is 0.472. The lowest BCUT2D eigenvalue weighted by molar-refractivity contribution is -0.146. The van der Waals surface area contributed by atoms with Crippen LogP contribution >= 0.6 is 0 Å². The number of Topliss-reactive ketones (excluding diaryl/α,β-unsaturated/α-hetero) is 1. The molecule has 0 heterocycles. The topological polar surface area (TPSA) is 17.1 Å². The fraction of sp³-hybridized carbons (Fsp3) is 0.909. The summed E-state index contributed by atoms with van der Waals surface area (Å²) >= 11 is 0. The van der Waals surface area contributed by atoms with Gasteiger partial charge < -0.3 is 0 Å². The van der Waals surface area contributed by atoms with Crippen LogP contribution in [0.15, 0.2) is 0 Å². The Bertz CT molecular complexity index is 185. The van der Waals surface area contributed by atoms with Crippen LogP contribution < -0.4 is 0 Å². The number of rotatable bonds is 2. The number of ketones is 1. The van der Waals surface area contributed by atoms with Gasteiger partial charge in [-0.25, -0.2) is 0 Å². The van der Waals surface area contributed by atoms with Gasteiger partial charge in [-0.1, -0.05) is 26.2 Å². The van der Waals surface area contributed by atoms with Gasteiger partial charge in [-0.3, -0.25) is 4.79 Å². The summed E-state index contributed by atoms with van der Waals surface area (Å²) in [5.41, 5.74) is 0. The molecule has 2 aliphatic rings. The molecule has 0 bridgehead atoms. The van der Waals surface area contributed by atoms with Gasteiger partial charge in [0, 0.05) is 11.8 Å². The van der Waals surface area contributed by atoms with Gasteiger partial charge in [-0.2, -0.15) is 0 Å². The quantitative estimate of drug-likeness (QED) is 0.616. The maximum Gasteiger partial charge on any atom is 0.139 e. The zero-order valence-corrected chi connectivity index (χ0v) is 7.88. The average Bonchev–Trinajstić information content (AvgIpc) is 2.13. The Hall–Kier alpha value is -0.330. The number of carbonyl (C=O) groups is 1. The van der Waals surface area contributed by atoms with Crippen molar-refractivity contribution in [2.75, 3.05) is 0 Å². The lowest BCUT2D eigenvalue weighted by Crippen LogP contribution is -2.48. The van der Waals surface area contributed by atoms with E-state index in [2.05, 4.69) is 6.92 Å². The Morgan fingerprint density at radius 1 is 1.33 bits per heavy atom. The molecular weight excluding hydrogens is 148 g/mol. The first-order chi connectivity index (χ1) is 5.84. The highest BCUT2D eigenvalue weighted by Gasteiger charge is 2.48. The number of fused-ring (bicyclic) bond motifs is 1. The fourth-order valence-electron chi connectivity index (χ4n) is 3.03. The summed E-state index contributed by atoms with van der Waals surface area (Å²) in [6.07, 6.45) is 7.53. The van der Waals surface area contributed by atoms with Crippen molar-refractivity contribution in [2.45, 2.75) is 45.4 Å². The van der Waals surface area contributed by atoms with Crippen LogP contribution in [0, 0.1) is 17.8 Å². The number of hydrogen-bond donors (Lipinski definition) is 0.